The molecule has 2 fully saturated rings. The molecule has 0 unspecified atom stereocenters. The van der Waals surface area contributed by atoms with E-state index in [9.17, 15) is 8.42 Å². The van der Waals surface area contributed by atoms with E-state index in [0.29, 0.717) is 32.2 Å². The summed E-state index contributed by atoms with van der Waals surface area (Å²) in [5, 5.41) is 3.23. The van der Waals surface area contributed by atoms with E-state index in [1.807, 2.05) is 7.05 Å². The lowest BCUT2D eigenvalue weighted by Gasteiger charge is -2.34. The van der Waals surface area contributed by atoms with Gasteiger partial charge in [0.25, 0.3) is 10.2 Å². The third-order valence-electron chi connectivity index (χ3n) is 4.08. The lowest BCUT2D eigenvalue weighted by molar-refractivity contribution is 0.273. The van der Waals surface area contributed by atoms with Crippen LogP contribution in [0.4, 0.5) is 0 Å². The van der Waals surface area contributed by atoms with Gasteiger partial charge < -0.3 is 5.32 Å². The Bertz CT molecular complexity index is 348. The van der Waals surface area contributed by atoms with Gasteiger partial charge in [0.05, 0.1) is 0 Å². The Labute approximate surface area is 123 Å². The van der Waals surface area contributed by atoms with Crippen LogP contribution in [0, 0.1) is 0 Å². The summed E-state index contributed by atoms with van der Waals surface area (Å²) < 4.78 is 28.4. The summed E-state index contributed by atoms with van der Waals surface area (Å²) in [5.41, 5.74) is 0. The minimum atomic E-state index is -3.20. The lowest BCUT2D eigenvalue weighted by Crippen LogP contribution is -2.49. The topological polar surface area (TPSA) is 52.7 Å². The van der Waals surface area contributed by atoms with E-state index in [1.54, 1.807) is 8.61 Å². The second kappa shape index (κ2) is 7.78. The van der Waals surface area contributed by atoms with Crippen LogP contribution in [0.25, 0.3) is 0 Å². The number of rotatable bonds is 3. The molecule has 5 nitrogen and oxygen atoms in total. The van der Waals surface area contributed by atoms with E-state index in [2.05, 4.69) is 5.32 Å². The molecule has 2 aliphatic heterocycles. The second-order valence-corrected chi connectivity index (χ2v) is 7.21. The average molecular weight is 312 g/mol. The molecule has 0 radical (unpaired) electrons. The van der Waals surface area contributed by atoms with Crippen LogP contribution in [0.2, 0.25) is 0 Å². The van der Waals surface area contributed by atoms with Gasteiger partial charge in [-0.2, -0.15) is 17.0 Å². The van der Waals surface area contributed by atoms with Gasteiger partial charge in [-0.1, -0.05) is 12.8 Å². The zero-order valence-electron chi connectivity index (χ0n) is 11.7. The minimum absolute atomic E-state index is 0. The molecule has 2 aliphatic rings. The first-order valence-electron chi connectivity index (χ1n) is 7.07. The van der Waals surface area contributed by atoms with Crippen LogP contribution in [0.5, 0.6) is 0 Å². The van der Waals surface area contributed by atoms with E-state index in [1.165, 1.54) is 0 Å². The number of hydrogen-bond acceptors (Lipinski definition) is 3. The molecule has 0 aliphatic carbocycles. The molecular formula is C12H26ClN3O2S. The number of halogens is 1. The molecule has 2 heterocycles. The first-order valence-corrected chi connectivity index (χ1v) is 8.47. The molecule has 1 N–H and O–H groups in total. The van der Waals surface area contributed by atoms with Gasteiger partial charge in [-0.05, 0) is 32.7 Å². The normalized spacial score (nSPS) is 24.7. The van der Waals surface area contributed by atoms with Gasteiger partial charge in [0, 0.05) is 32.2 Å². The largest absolute Gasteiger partial charge is 0.317 e. The molecule has 0 bridgehead atoms. The Kier molecular flexibility index (Phi) is 7.04. The van der Waals surface area contributed by atoms with Gasteiger partial charge in [0.1, 0.15) is 0 Å². The Hall–Kier alpha value is 0.120. The van der Waals surface area contributed by atoms with Gasteiger partial charge in [-0.3, -0.25) is 0 Å². The molecular weight excluding hydrogens is 286 g/mol. The highest BCUT2D eigenvalue weighted by molar-refractivity contribution is 7.86. The monoisotopic (exact) mass is 311 g/mol. The van der Waals surface area contributed by atoms with Gasteiger partial charge in [0.15, 0.2) is 0 Å². The molecule has 0 amide bonds. The third-order valence-corrected chi connectivity index (χ3v) is 6.12. The summed E-state index contributed by atoms with van der Waals surface area (Å²) in [6.07, 6.45) is 6.17. The van der Waals surface area contributed by atoms with Crippen LogP contribution >= 0.6 is 12.4 Å². The second-order valence-electron chi connectivity index (χ2n) is 5.28. The molecule has 0 saturated carbocycles. The van der Waals surface area contributed by atoms with Crippen LogP contribution < -0.4 is 5.32 Å². The molecule has 19 heavy (non-hydrogen) atoms. The van der Waals surface area contributed by atoms with Crippen molar-refractivity contribution in [3.63, 3.8) is 0 Å². The van der Waals surface area contributed by atoms with E-state index < -0.39 is 10.2 Å². The van der Waals surface area contributed by atoms with E-state index >= 15 is 0 Å². The highest BCUT2D eigenvalue weighted by atomic mass is 35.5. The molecule has 7 heteroatoms. The van der Waals surface area contributed by atoms with Crippen molar-refractivity contribution >= 4 is 22.6 Å². The Balaban J connectivity index is 0.00000180. The summed E-state index contributed by atoms with van der Waals surface area (Å²) in [5.74, 6) is 0. The smallest absolute Gasteiger partial charge is 0.281 e. The molecule has 0 atom stereocenters. The maximum atomic E-state index is 12.5. The van der Waals surface area contributed by atoms with Gasteiger partial charge in [-0.25, -0.2) is 0 Å². The fourth-order valence-electron chi connectivity index (χ4n) is 2.81. The first-order chi connectivity index (χ1) is 8.64. The van der Waals surface area contributed by atoms with Gasteiger partial charge >= 0.3 is 0 Å². The standard InChI is InChI=1S/C12H25N3O2S.ClH/c1-13-12-6-10-15(11-7-12)18(16,17)14-8-4-2-3-5-9-14;/h12-13H,2-11H2,1H3;1H. The number of piperidine rings is 1. The number of hydrogen-bond donors (Lipinski definition) is 1. The predicted molar refractivity (Wildman–Crippen MR) is 79.9 cm³/mol. The molecule has 114 valence electrons. The van der Waals surface area contributed by atoms with Crippen molar-refractivity contribution in [3.05, 3.63) is 0 Å². The SMILES string of the molecule is CNC1CCN(S(=O)(=O)N2CCCCCC2)CC1.Cl. The quantitative estimate of drug-likeness (QED) is 0.852. The van der Waals surface area contributed by atoms with Crippen molar-refractivity contribution < 1.29 is 8.42 Å². The summed E-state index contributed by atoms with van der Waals surface area (Å²) >= 11 is 0. The zero-order chi connectivity index (χ0) is 13.0. The van der Waals surface area contributed by atoms with Crippen molar-refractivity contribution in [1.82, 2.24) is 13.9 Å². The predicted octanol–water partition coefficient (Wildman–Crippen LogP) is 1.21. The van der Waals surface area contributed by atoms with Crippen molar-refractivity contribution in [1.29, 1.82) is 0 Å². The Morgan fingerprint density at radius 2 is 1.37 bits per heavy atom. The highest BCUT2D eigenvalue weighted by Crippen LogP contribution is 2.20. The molecule has 2 rings (SSSR count). The molecule has 0 aromatic carbocycles. The van der Waals surface area contributed by atoms with Crippen LogP contribution in [0.3, 0.4) is 0 Å². The van der Waals surface area contributed by atoms with Gasteiger partial charge in [-0.15, -0.1) is 12.4 Å². The average Bonchev–Trinajstić information content (AvgIpc) is 2.68. The van der Waals surface area contributed by atoms with Crippen LogP contribution in [-0.2, 0) is 10.2 Å². The highest BCUT2D eigenvalue weighted by Gasteiger charge is 2.32. The molecule has 0 aromatic rings. The maximum Gasteiger partial charge on any atom is 0.281 e. The molecule has 0 spiro atoms. The summed E-state index contributed by atoms with van der Waals surface area (Å²) in [4.78, 5) is 0. The number of nitrogens with zero attached hydrogens (tertiary/aromatic N) is 2. The van der Waals surface area contributed by atoms with Crippen molar-refractivity contribution in [3.8, 4) is 0 Å². The summed E-state index contributed by atoms with van der Waals surface area (Å²) in [7, 11) is -1.25. The van der Waals surface area contributed by atoms with Crippen LogP contribution in [0.1, 0.15) is 38.5 Å². The number of nitrogens with one attached hydrogen (secondary N) is 1. The Morgan fingerprint density at radius 1 is 0.895 bits per heavy atom. The minimum Gasteiger partial charge on any atom is -0.317 e. The summed E-state index contributed by atoms with van der Waals surface area (Å²) in [6, 6.07) is 0.473. The van der Waals surface area contributed by atoms with Crippen LogP contribution in [-0.4, -0.2) is 56.3 Å². The first kappa shape index (κ1) is 17.2. The third kappa shape index (κ3) is 4.29. The van der Waals surface area contributed by atoms with E-state index in [4.69, 9.17) is 0 Å². The fraction of sp³-hybridized carbons (Fsp3) is 1.00. The fourth-order valence-corrected chi connectivity index (χ4v) is 4.53. The summed E-state index contributed by atoms with van der Waals surface area (Å²) in [6.45, 7) is 2.72. The van der Waals surface area contributed by atoms with Gasteiger partial charge in [0.2, 0.25) is 0 Å². The zero-order valence-corrected chi connectivity index (χ0v) is 13.3. The van der Waals surface area contributed by atoms with Crippen molar-refractivity contribution in [2.45, 2.75) is 44.6 Å². The van der Waals surface area contributed by atoms with E-state index in [0.717, 1.165) is 38.5 Å². The Morgan fingerprint density at radius 3 is 1.84 bits per heavy atom. The molecule has 2 saturated heterocycles. The lowest BCUT2D eigenvalue weighted by atomic mass is 10.1. The maximum absolute atomic E-state index is 12.5. The van der Waals surface area contributed by atoms with Crippen molar-refractivity contribution in [2.24, 2.45) is 0 Å². The van der Waals surface area contributed by atoms with E-state index in [-0.39, 0.29) is 12.4 Å². The molecule has 0 aromatic heterocycles. The van der Waals surface area contributed by atoms with Crippen LogP contribution in [0.15, 0.2) is 0 Å². The van der Waals surface area contributed by atoms with Crippen molar-refractivity contribution in [2.75, 3.05) is 33.2 Å².